The van der Waals surface area contributed by atoms with Crippen LogP contribution in [0.5, 0.6) is 0 Å². The first-order valence-corrected chi connectivity index (χ1v) is 6.27. The molecule has 1 amide bonds. The van der Waals surface area contributed by atoms with Crippen molar-refractivity contribution in [1.29, 1.82) is 0 Å². The van der Waals surface area contributed by atoms with Crippen LogP contribution < -0.4 is 11.1 Å². The van der Waals surface area contributed by atoms with E-state index < -0.39 is 5.97 Å². The maximum absolute atomic E-state index is 11.8. The van der Waals surface area contributed by atoms with Gasteiger partial charge in [-0.2, -0.15) is 0 Å². The molecule has 0 saturated heterocycles. The normalized spacial score (nSPS) is 11.7. The summed E-state index contributed by atoms with van der Waals surface area (Å²) in [6.07, 6.45) is 0.824. The van der Waals surface area contributed by atoms with E-state index in [4.69, 9.17) is 10.5 Å². The van der Waals surface area contributed by atoms with Crippen molar-refractivity contribution in [2.24, 2.45) is 0 Å². The van der Waals surface area contributed by atoms with Gasteiger partial charge in [0.25, 0.3) is 5.91 Å². The quantitative estimate of drug-likeness (QED) is 0.626. The third-order valence-corrected chi connectivity index (χ3v) is 2.90. The van der Waals surface area contributed by atoms with Gasteiger partial charge in [0.15, 0.2) is 6.61 Å². The van der Waals surface area contributed by atoms with Gasteiger partial charge in [-0.05, 0) is 31.9 Å². The van der Waals surface area contributed by atoms with Gasteiger partial charge in [-0.1, -0.05) is 19.1 Å². The molecule has 0 aromatic heterocycles. The van der Waals surface area contributed by atoms with E-state index in [9.17, 15) is 9.59 Å². The van der Waals surface area contributed by atoms with Gasteiger partial charge in [-0.25, -0.2) is 4.79 Å². The Kier molecular flexibility index (Phi) is 5.36. The van der Waals surface area contributed by atoms with Crippen molar-refractivity contribution in [2.75, 3.05) is 12.3 Å². The van der Waals surface area contributed by atoms with Gasteiger partial charge in [-0.3, -0.25) is 4.79 Å². The Hall–Kier alpha value is -2.04. The molecule has 0 aliphatic heterocycles. The van der Waals surface area contributed by atoms with Crippen LogP contribution in [-0.2, 0) is 9.53 Å². The molecule has 19 heavy (non-hydrogen) atoms. The van der Waals surface area contributed by atoms with E-state index in [-0.39, 0.29) is 24.1 Å². The number of ether oxygens (including phenoxy) is 1. The Bertz CT molecular complexity index is 472. The first-order chi connectivity index (χ1) is 8.95. The number of esters is 1. The van der Waals surface area contributed by atoms with Crippen molar-refractivity contribution in [3.8, 4) is 0 Å². The van der Waals surface area contributed by atoms with Crippen molar-refractivity contribution in [2.45, 2.75) is 33.2 Å². The minimum absolute atomic E-state index is 0.0650. The van der Waals surface area contributed by atoms with Gasteiger partial charge in [0.05, 0.1) is 5.56 Å². The molecule has 0 bridgehead atoms. The molecular formula is C14H20N2O3. The van der Waals surface area contributed by atoms with Crippen LogP contribution in [0.15, 0.2) is 18.2 Å². The number of nitrogen functional groups attached to an aromatic ring is 1. The fraction of sp³-hybridized carbons (Fsp3) is 0.429. The molecule has 0 heterocycles. The van der Waals surface area contributed by atoms with Gasteiger partial charge in [0.2, 0.25) is 0 Å². The molecule has 3 N–H and O–H groups in total. The second-order valence-corrected chi connectivity index (χ2v) is 4.49. The lowest BCUT2D eigenvalue weighted by molar-refractivity contribution is -0.124. The van der Waals surface area contributed by atoms with Crippen LogP contribution in [0.25, 0.3) is 0 Å². The Morgan fingerprint density at radius 1 is 1.42 bits per heavy atom. The number of carbonyl (C=O) groups excluding carboxylic acids is 2. The monoisotopic (exact) mass is 264 g/mol. The van der Waals surface area contributed by atoms with E-state index in [1.54, 1.807) is 12.1 Å². The summed E-state index contributed by atoms with van der Waals surface area (Å²) in [6.45, 7) is 5.36. The van der Waals surface area contributed by atoms with Gasteiger partial charge < -0.3 is 15.8 Å². The number of nitrogens with one attached hydrogen (secondary N) is 1. The summed E-state index contributed by atoms with van der Waals surface area (Å²) in [7, 11) is 0. The number of benzene rings is 1. The predicted octanol–water partition coefficient (Wildman–Crippen LogP) is 1.65. The second kappa shape index (κ2) is 6.78. The molecule has 0 fully saturated rings. The summed E-state index contributed by atoms with van der Waals surface area (Å²) in [5, 5.41) is 2.71. The minimum atomic E-state index is -0.583. The summed E-state index contributed by atoms with van der Waals surface area (Å²) in [5.74, 6) is -0.894. The van der Waals surface area contributed by atoms with Gasteiger partial charge >= 0.3 is 5.97 Å². The van der Waals surface area contributed by atoms with Crippen LogP contribution in [0.3, 0.4) is 0 Å². The number of aryl methyl sites for hydroxylation is 1. The van der Waals surface area contributed by atoms with Crippen LogP contribution in [-0.4, -0.2) is 24.5 Å². The summed E-state index contributed by atoms with van der Waals surface area (Å²) in [4.78, 5) is 23.3. The number of hydrogen-bond donors (Lipinski definition) is 2. The van der Waals surface area contributed by atoms with Crippen LogP contribution in [0.2, 0.25) is 0 Å². The van der Waals surface area contributed by atoms with Crippen molar-refractivity contribution in [3.05, 3.63) is 29.3 Å². The molecule has 0 radical (unpaired) electrons. The standard InChI is InChI=1S/C14H20N2O3/c1-4-10(3)16-12(17)8-19-14(18)11-7-5-6-9(2)13(11)15/h5-7,10H,4,8,15H2,1-3H3,(H,16,17)/t10-/m1/s1. The molecule has 5 heteroatoms. The Labute approximate surface area is 113 Å². The largest absolute Gasteiger partial charge is 0.452 e. The Morgan fingerprint density at radius 3 is 2.74 bits per heavy atom. The first kappa shape index (κ1) is 15.0. The first-order valence-electron chi connectivity index (χ1n) is 6.27. The van der Waals surface area contributed by atoms with Crippen molar-refractivity contribution in [1.82, 2.24) is 5.32 Å². The van der Waals surface area contributed by atoms with E-state index >= 15 is 0 Å². The molecule has 1 atom stereocenters. The topological polar surface area (TPSA) is 81.4 Å². The molecule has 0 unspecified atom stereocenters. The molecule has 0 spiro atoms. The molecule has 0 aliphatic rings. The number of amides is 1. The zero-order valence-corrected chi connectivity index (χ0v) is 11.5. The number of hydrogen-bond acceptors (Lipinski definition) is 4. The molecule has 5 nitrogen and oxygen atoms in total. The molecule has 104 valence electrons. The van der Waals surface area contributed by atoms with Crippen molar-refractivity contribution in [3.63, 3.8) is 0 Å². The Morgan fingerprint density at radius 2 is 2.11 bits per heavy atom. The summed E-state index contributed by atoms with van der Waals surface area (Å²) >= 11 is 0. The van der Waals surface area contributed by atoms with Crippen LogP contribution >= 0.6 is 0 Å². The lowest BCUT2D eigenvalue weighted by Gasteiger charge is -2.12. The zero-order chi connectivity index (χ0) is 14.4. The highest BCUT2D eigenvalue weighted by Crippen LogP contribution is 2.17. The van der Waals surface area contributed by atoms with Gasteiger partial charge in [0.1, 0.15) is 0 Å². The van der Waals surface area contributed by atoms with Gasteiger partial charge in [0, 0.05) is 11.7 Å². The van der Waals surface area contributed by atoms with E-state index in [0.717, 1.165) is 12.0 Å². The summed E-state index contributed by atoms with van der Waals surface area (Å²) < 4.78 is 4.94. The fourth-order valence-corrected chi connectivity index (χ4v) is 1.49. The van der Waals surface area contributed by atoms with Gasteiger partial charge in [-0.15, -0.1) is 0 Å². The lowest BCUT2D eigenvalue weighted by atomic mass is 10.1. The van der Waals surface area contributed by atoms with Crippen molar-refractivity contribution < 1.29 is 14.3 Å². The zero-order valence-electron chi connectivity index (χ0n) is 11.5. The minimum Gasteiger partial charge on any atom is -0.452 e. The number of para-hydroxylation sites is 1. The second-order valence-electron chi connectivity index (χ2n) is 4.49. The molecule has 1 aromatic rings. The molecule has 1 rings (SSSR count). The molecular weight excluding hydrogens is 244 g/mol. The van der Waals surface area contributed by atoms with E-state index in [1.807, 2.05) is 26.8 Å². The third-order valence-electron chi connectivity index (χ3n) is 2.90. The lowest BCUT2D eigenvalue weighted by Crippen LogP contribution is -2.35. The third kappa shape index (κ3) is 4.28. The molecule has 0 aliphatic carbocycles. The average molecular weight is 264 g/mol. The van der Waals surface area contributed by atoms with Crippen LogP contribution in [0.1, 0.15) is 36.2 Å². The Balaban J connectivity index is 2.56. The number of anilines is 1. The summed E-state index contributed by atoms with van der Waals surface area (Å²) in [6, 6.07) is 5.18. The van der Waals surface area contributed by atoms with E-state index in [1.165, 1.54) is 0 Å². The highest BCUT2D eigenvalue weighted by atomic mass is 16.5. The average Bonchev–Trinajstić information content (AvgIpc) is 2.39. The SMILES string of the molecule is CC[C@@H](C)NC(=O)COC(=O)c1cccc(C)c1N. The maximum atomic E-state index is 11.8. The van der Waals surface area contributed by atoms with Crippen LogP contribution in [0.4, 0.5) is 5.69 Å². The molecule has 1 aromatic carbocycles. The summed E-state index contributed by atoms with van der Waals surface area (Å²) in [5.41, 5.74) is 7.27. The highest BCUT2D eigenvalue weighted by molar-refractivity contribution is 5.96. The van der Waals surface area contributed by atoms with E-state index in [2.05, 4.69) is 5.32 Å². The highest BCUT2D eigenvalue weighted by Gasteiger charge is 2.14. The maximum Gasteiger partial charge on any atom is 0.340 e. The van der Waals surface area contributed by atoms with Crippen LogP contribution in [0, 0.1) is 6.92 Å². The van der Waals surface area contributed by atoms with E-state index in [0.29, 0.717) is 5.69 Å². The fourth-order valence-electron chi connectivity index (χ4n) is 1.49. The smallest absolute Gasteiger partial charge is 0.340 e. The predicted molar refractivity (Wildman–Crippen MR) is 73.8 cm³/mol. The molecule has 0 saturated carbocycles. The van der Waals surface area contributed by atoms with Crippen molar-refractivity contribution >= 4 is 17.6 Å². The number of rotatable bonds is 5. The number of carbonyl (C=O) groups is 2. The number of nitrogens with two attached hydrogens (primary N) is 1.